The number of pyridine rings is 1. The van der Waals surface area contributed by atoms with Crippen LogP contribution in [0.4, 0.5) is 11.6 Å². The van der Waals surface area contributed by atoms with E-state index in [0.29, 0.717) is 22.5 Å². The fraction of sp³-hybridized carbons (Fsp3) is 0.238. The lowest BCUT2D eigenvalue weighted by Gasteiger charge is -2.13. The van der Waals surface area contributed by atoms with Gasteiger partial charge in [-0.2, -0.15) is 0 Å². The van der Waals surface area contributed by atoms with Crippen molar-refractivity contribution >= 4 is 33.5 Å². The van der Waals surface area contributed by atoms with E-state index in [2.05, 4.69) is 36.5 Å². The number of hydrogen-bond acceptors (Lipinski definition) is 6. The van der Waals surface area contributed by atoms with Gasteiger partial charge in [-0.05, 0) is 46.5 Å². The van der Waals surface area contributed by atoms with Crippen LogP contribution in [0, 0.1) is 6.92 Å². The van der Waals surface area contributed by atoms with Crippen molar-refractivity contribution in [2.24, 2.45) is 0 Å². The lowest BCUT2D eigenvalue weighted by atomic mass is 10.1. The number of aryl methyl sites for hydroxylation is 1. The number of nitrogens with two attached hydrogens (primary N) is 1. The van der Waals surface area contributed by atoms with E-state index in [1.165, 1.54) is 10.1 Å². The molecule has 0 radical (unpaired) electrons. The molecule has 0 bridgehead atoms. The summed E-state index contributed by atoms with van der Waals surface area (Å²) in [5.41, 5.74) is 7.92. The van der Waals surface area contributed by atoms with Gasteiger partial charge in [-0.25, -0.2) is 9.97 Å². The summed E-state index contributed by atoms with van der Waals surface area (Å²) in [6.07, 6.45) is 3.95. The van der Waals surface area contributed by atoms with Gasteiger partial charge in [-0.1, -0.05) is 30.3 Å². The number of rotatable bonds is 8. The van der Waals surface area contributed by atoms with Crippen molar-refractivity contribution in [1.29, 1.82) is 0 Å². The molecule has 156 valence electrons. The van der Waals surface area contributed by atoms with Gasteiger partial charge in [0.2, 0.25) is 5.91 Å². The molecule has 0 aliphatic carbocycles. The molecule has 2 aromatic heterocycles. The second kappa shape index (κ2) is 10.0. The summed E-state index contributed by atoms with van der Waals surface area (Å²) in [6, 6.07) is 11.8. The van der Waals surface area contributed by atoms with Crippen LogP contribution < -0.4 is 21.9 Å². The van der Waals surface area contributed by atoms with Crippen molar-refractivity contribution in [3.8, 4) is 0 Å². The number of anilines is 2. The third-order valence-electron chi connectivity index (χ3n) is 4.52. The molecule has 2 heterocycles. The van der Waals surface area contributed by atoms with E-state index in [4.69, 9.17) is 5.73 Å². The van der Waals surface area contributed by atoms with E-state index < -0.39 is 0 Å². The number of nitrogen functional groups attached to an aromatic ring is 1. The third-order valence-corrected chi connectivity index (χ3v) is 5.16. The smallest absolute Gasteiger partial charge is 0.293 e. The summed E-state index contributed by atoms with van der Waals surface area (Å²) in [5, 5.41) is 5.86. The van der Waals surface area contributed by atoms with Crippen LogP contribution in [0.1, 0.15) is 16.8 Å². The minimum Gasteiger partial charge on any atom is -0.383 e. The number of nitrogens with zero attached hydrogens (tertiary/aromatic N) is 3. The molecule has 0 atom stereocenters. The van der Waals surface area contributed by atoms with E-state index in [1.807, 2.05) is 30.3 Å². The number of amides is 1. The molecule has 0 spiro atoms. The summed E-state index contributed by atoms with van der Waals surface area (Å²) in [7, 11) is 0. The van der Waals surface area contributed by atoms with Crippen molar-refractivity contribution in [3.63, 3.8) is 0 Å². The van der Waals surface area contributed by atoms with Crippen molar-refractivity contribution in [3.05, 3.63) is 80.4 Å². The molecule has 0 saturated heterocycles. The standard InChI is InChI=1S/C21H23BrN6O2/c1-14-10-27-20(24-8-7-15-5-3-2-4-6-15)21(30)28(14)13-18(29)25-11-16-9-17(22)19(23)26-12-16/h2-6,9-10,12H,7-8,11,13H2,1H3,(H2,23,26)(H,24,27)(H,25,29). The van der Waals surface area contributed by atoms with E-state index in [9.17, 15) is 9.59 Å². The van der Waals surface area contributed by atoms with Gasteiger partial charge in [-0.15, -0.1) is 0 Å². The Balaban J connectivity index is 1.60. The molecule has 30 heavy (non-hydrogen) atoms. The van der Waals surface area contributed by atoms with Gasteiger partial charge in [0.05, 0.1) is 4.47 Å². The summed E-state index contributed by atoms with van der Waals surface area (Å²) in [4.78, 5) is 33.4. The summed E-state index contributed by atoms with van der Waals surface area (Å²) in [5.74, 6) is 0.335. The minimum atomic E-state index is -0.324. The molecule has 0 aliphatic rings. The quantitative estimate of drug-likeness (QED) is 0.465. The van der Waals surface area contributed by atoms with Gasteiger partial charge in [0.15, 0.2) is 5.82 Å². The third kappa shape index (κ3) is 5.66. The van der Waals surface area contributed by atoms with Gasteiger partial charge in [0.25, 0.3) is 5.56 Å². The second-order valence-electron chi connectivity index (χ2n) is 6.79. The molecule has 3 aromatic rings. The number of nitrogens with one attached hydrogen (secondary N) is 2. The highest BCUT2D eigenvalue weighted by Crippen LogP contribution is 2.17. The van der Waals surface area contributed by atoms with Crippen LogP contribution in [0.25, 0.3) is 0 Å². The lowest BCUT2D eigenvalue weighted by Crippen LogP contribution is -2.34. The molecule has 9 heteroatoms. The number of aromatic nitrogens is 3. The number of carbonyl (C=O) groups excluding carboxylic acids is 1. The van der Waals surface area contributed by atoms with E-state index >= 15 is 0 Å². The van der Waals surface area contributed by atoms with Crippen LogP contribution in [-0.2, 0) is 24.3 Å². The Morgan fingerprint density at radius 1 is 1.17 bits per heavy atom. The first-order valence-corrected chi connectivity index (χ1v) is 10.2. The van der Waals surface area contributed by atoms with Crippen LogP contribution in [0.15, 0.2) is 58.1 Å². The Morgan fingerprint density at radius 3 is 2.67 bits per heavy atom. The monoisotopic (exact) mass is 470 g/mol. The molecule has 0 saturated carbocycles. The molecular formula is C21H23BrN6O2. The zero-order valence-corrected chi connectivity index (χ0v) is 18.1. The Kier molecular flexibility index (Phi) is 7.18. The molecular weight excluding hydrogens is 448 g/mol. The molecule has 8 nitrogen and oxygen atoms in total. The van der Waals surface area contributed by atoms with Gasteiger partial charge in [0, 0.05) is 31.2 Å². The molecule has 3 rings (SSSR count). The molecule has 0 aliphatic heterocycles. The van der Waals surface area contributed by atoms with Crippen molar-refractivity contribution < 1.29 is 4.79 Å². The number of halogens is 1. The maximum absolute atomic E-state index is 12.8. The SMILES string of the molecule is Cc1cnc(NCCc2ccccc2)c(=O)n1CC(=O)NCc1cnc(N)c(Br)c1. The van der Waals surface area contributed by atoms with E-state index in [-0.39, 0.29) is 30.4 Å². The highest BCUT2D eigenvalue weighted by Gasteiger charge is 2.12. The molecule has 0 unspecified atom stereocenters. The second-order valence-corrected chi connectivity index (χ2v) is 7.64. The van der Waals surface area contributed by atoms with Gasteiger partial charge in [0.1, 0.15) is 12.4 Å². The summed E-state index contributed by atoms with van der Waals surface area (Å²) >= 11 is 3.31. The number of benzene rings is 1. The topological polar surface area (TPSA) is 115 Å². The summed E-state index contributed by atoms with van der Waals surface area (Å²) < 4.78 is 2.08. The Hall–Kier alpha value is -3.20. The van der Waals surface area contributed by atoms with E-state index in [1.54, 1.807) is 25.4 Å². The van der Waals surface area contributed by atoms with Crippen LogP contribution in [0.5, 0.6) is 0 Å². The number of carbonyl (C=O) groups is 1. The number of hydrogen-bond donors (Lipinski definition) is 3. The first-order valence-electron chi connectivity index (χ1n) is 9.45. The first-order chi connectivity index (χ1) is 14.4. The fourth-order valence-corrected chi connectivity index (χ4v) is 3.24. The van der Waals surface area contributed by atoms with Crippen molar-refractivity contribution in [2.45, 2.75) is 26.4 Å². The van der Waals surface area contributed by atoms with Crippen molar-refractivity contribution in [1.82, 2.24) is 19.9 Å². The lowest BCUT2D eigenvalue weighted by molar-refractivity contribution is -0.121. The van der Waals surface area contributed by atoms with Crippen LogP contribution in [0.3, 0.4) is 0 Å². The molecule has 1 aromatic carbocycles. The van der Waals surface area contributed by atoms with Gasteiger partial charge in [-0.3, -0.25) is 14.2 Å². The van der Waals surface area contributed by atoms with Crippen LogP contribution in [0.2, 0.25) is 0 Å². The summed E-state index contributed by atoms with van der Waals surface area (Å²) in [6.45, 7) is 2.51. The largest absolute Gasteiger partial charge is 0.383 e. The Morgan fingerprint density at radius 2 is 1.93 bits per heavy atom. The Bertz CT molecular complexity index is 1080. The zero-order chi connectivity index (χ0) is 21.5. The fourth-order valence-electron chi connectivity index (χ4n) is 2.84. The minimum absolute atomic E-state index is 0.0931. The molecule has 1 amide bonds. The normalized spacial score (nSPS) is 10.6. The predicted molar refractivity (Wildman–Crippen MR) is 120 cm³/mol. The van der Waals surface area contributed by atoms with Crippen LogP contribution >= 0.6 is 15.9 Å². The zero-order valence-electron chi connectivity index (χ0n) is 16.6. The molecule has 0 fully saturated rings. The van der Waals surface area contributed by atoms with Crippen LogP contribution in [-0.4, -0.2) is 27.0 Å². The van der Waals surface area contributed by atoms with Gasteiger partial charge < -0.3 is 16.4 Å². The van der Waals surface area contributed by atoms with E-state index in [0.717, 1.165) is 12.0 Å². The Labute approximate surface area is 182 Å². The van der Waals surface area contributed by atoms with Gasteiger partial charge >= 0.3 is 0 Å². The predicted octanol–water partition coefficient (Wildman–Crippen LogP) is 2.26. The average molecular weight is 471 g/mol. The van der Waals surface area contributed by atoms with Crippen molar-refractivity contribution in [2.75, 3.05) is 17.6 Å². The highest BCUT2D eigenvalue weighted by atomic mass is 79.9. The average Bonchev–Trinajstić information content (AvgIpc) is 2.74. The maximum Gasteiger partial charge on any atom is 0.293 e. The molecule has 4 N–H and O–H groups in total. The maximum atomic E-state index is 12.8. The highest BCUT2D eigenvalue weighted by molar-refractivity contribution is 9.10. The first kappa shape index (κ1) is 21.5.